The van der Waals surface area contributed by atoms with Crippen LogP contribution in [0.2, 0.25) is 26.6 Å². The molecule has 0 amide bonds. The van der Waals surface area contributed by atoms with Crippen molar-refractivity contribution in [1.29, 1.82) is 0 Å². The first-order valence-electron chi connectivity index (χ1n) is 16.0. The first-order chi connectivity index (χ1) is 18.0. The van der Waals surface area contributed by atoms with Crippen LogP contribution < -0.4 is 5.79 Å². The van der Waals surface area contributed by atoms with Crippen molar-refractivity contribution in [2.75, 3.05) is 0 Å². The Balaban J connectivity index is 2.06. The number of unbranched alkanes of at least 4 members (excludes halogenated alkanes) is 6. The van der Waals surface area contributed by atoms with Crippen molar-refractivity contribution in [3.63, 3.8) is 0 Å². The van der Waals surface area contributed by atoms with Crippen LogP contribution >= 0.6 is 34.0 Å². The molecule has 0 aliphatic heterocycles. The van der Waals surface area contributed by atoms with Gasteiger partial charge >= 0.3 is 253 Å². The van der Waals surface area contributed by atoms with Gasteiger partial charge in [0.2, 0.25) is 0 Å². The molecule has 3 rings (SSSR count). The summed E-state index contributed by atoms with van der Waals surface area (Å²) in [5.74, 6) is 0. The van der Waals surface area contributed by atoms with Crippen molar-refractivity contribution in [3.05, 3.63) is 12.1 Å². The summed E-state index contributed by atoms with van der Waals surface area (Å²) in [7, 11) is 0. The Hall–Kier alpha value is 1.22. The summed E-state index contributed by atoms with van der Waals surface area (Å²) >= 11 is 2.09. The van der Waals surface area contributed by atoms with Crippen molar-refractivity contribution in [2.45, 2.75) is 145 Å². The number of fused-ring (bicyclic) bond motifs is 3. The van der Waals surface area contributed by atoms with Gasteiger partial charge in [0.25, 0.3) is 0 Å². The zero-order valence-corrected chi connectivity index (χ0v) is 33.3. The van der Waals surface area contributed by atoms with Crippen LogP contribution in [0.5, 0.6) is 0 Å². The minimum atomic E-state index is -2.35. The Bertz CT molecular complexity index is 919. The van der Waals surface area contributed by atoms with Crippen LogP contribution in [0.4, 0.5) is 0 Å². The van der Waals surface area contributed by atoms with E-state index in [-0.39, 0.29) is 0 Å². The maximum absolute atomic E-state index is 2.76. The second-order valence-corrected chi connectivity index (χ2v) is 43.4. The van der Waals surface area contributed by atoms with Crippen LogP contribution in [0.3, 0.4) is 0 Å². The first-order valence-corrected chi connectivity index (χ1v) is 33.4. The second kappa shape index (κ2) is 16.6. The average molecular weight is 774 g/mol. The van der Waals surface area contributed by atoms with E-state index >= 15 is 0 Å². The molecule has 0 spiro atoms. The molecule has 0 atom stereocenters. The van der Waals surface area contributed by atoms with Crippen molar-refractivity contribution in [2.24, 2.45) is 0 Å². The zero-order chi connectivity index (χ0) is 26.7. The number of hydrogen-bond donors (Lipinski definition) is 0. The average Bonchev–Trinajstić information content (AvgIpc) is 3.60. The van der Waals surface area contributed by atoms with Gasteiger partial charge in [-0.25, -0.2) is 0 Å². The molecule has 0 bridgehead atoms. The topological polar surface area (TPSA) is 0 Å². The van der Waals surface area contributed by atoms with Crippen molar-refractivity contribution in [1.82, 2.24) is 0 Å². The summed E-state index contributed by atoms with van der Waals surface area (Å²) in [6, 6.07) is 5.52. The molecule has 0 aromatic carbocycles. The summed E-state index contributed by atoms with van der Waals surface area (Å²) in [5, 5.41) is 0. The summed E-state index contributed by atoms with van der Waals surface area (Å²) < 4.78 is 20.2. The van der Waals surface area contributed by atoms with Crippen LogP contribution in [-0.4, -0.2) is 36.8 Å². The van der Waals surface area contributed by atoms with E-state index in [0.29, 0.717) is 0 Å². The van der Waals surface area contributed by atoms with Crippen molar-refractivity contribution in [3.8, 4) is 0 Å². The molecular weight excluding hydrogens is 718 g/mol. The standard InChI is InChI=1S/C8H2S3.6C4H9.2Sn/c1-3-9-7-5(1)11-6-2-4-10-8(6)7;6*1-3-4-2;;/h1-2H;6*1,3-4H2,2H3;;. The molecule has 3 heterocycles. The van der Waals surface area contributed by atoms with Gasteiger partial charge in [-0.05, 0) is 0 Å². The molecule has 0 fully saturated rings. The molecule has 37 heavy (non-hydrogen) atoms. The van der Waals surface area contributed by atoms with E-state index < -0.39 is 36.8 Å². The minimum absolute atomic E-state index is 1.37. The Morgan fingerprint density at radius 3 is 0.946 bits per heavy atom. The normalized spacial score (nSPS) is 12.9. The van der Waals surface area contributed by atoms with Gasteiger partial charge in [-0.15, -0.1) is 0 Å². The maximum atomic E-state index is 2.76. The molecule has 0 unspecified atom stereocenters. The number of thiophene rings is 3. The molecule has 0 nitrogen and oxygen atoms in total. The molecule has 3 aromatic heterocycles. The van der Waals surface area contributed by atoms with E-state index in [2.05, 4.69) is 87.7 Å². The third-order valence-corrected chi connectivity index (χ3v) is 49.1. The summed E-state index contributed by atoms with van der Waals surface area (Å²) in [4.78, 5) is 0. The van der Waals surface area contributed by atoms with Crippen molar-refractivity contribution < 1.29 is 0 Å². The fraction of sp³-hybridized carbons (Fsp3) is 0.750. The van der Waals surface area contributed by atoms with Gasteiger partial charge in [-0.1, -0.05) is 0 Å². The predicted octanol–water partition coefficient (Wildman–Crippen LogP) is 12.3. The van der Waals surface area contributed by atoms with Gasteiger partial charge in [0.1, 0.15) is 0 Å². The van der Waals surface area contributed by atoms with Gasteiger partial charge in [-0.2, -0.15) is 0 Å². The van der Waals surface area contributed by atoms with E-state index in [1.54, 1.807) is 45.4 Å². The molecule has 3 aromatic rings. The quantitative estimate of drug-likeness (QED) is 0.100. The summed E-state index contributed by atoms with van der Waals surface area (Å²) in [6.45, 7) is 14.5. The van der Waals surface area contributed by atoms with Gasteiger partial charge in [0.15, 0.2) is 0 Å². The summed E-state index contributed by atoms with van der Waals surface area (Å²) in [6.07, 6.45) is 17.1. The summed E-state index contributed by atoms with van der Waals surface area (Å²) in [5.41, 5.74) is 0. The third kappa shape index (κ3) is 8.16. The van der Waals surface area contributed by atoms with Crippen LogP contribution in [0.25, 0.3) is 18.8 Å². The molecule has 0 saturated heterocycles. The fourth-order valence-electron chi connectivity index (χ4n) is 6.44. The van der Waals surface area contributed by atoms with E-state index in [0.717, 1.165) is 0 Å². The third-order valence-electron chi connectivity index (χ3n) is 8.92. The van der Waals surface area contributed by atoms with Crippen LogP contribution in [0, 0.1) is 0 Å². The van der Waals surface area contributed by atoms with Crippen LogP contribution in [0.1, 0.15) is 119 Å². The Labute approximate surface area is 250 Å². The van der Waals surface area contributed by atoms with E-state index in [1.165, 1.54) is 77.0 Å². The zero-order valence-electron chi connectivity index (χ0n) is 25.1. The molecule has 5 heteroatoms. The molecule has 0 aliphatic rings. The first kappa shape index (κ1) is 32.7. The molecule has 0 N–H and O–H groups in total. The number of hydrogen-bond acceptors (Lipinski definition) is 3. The SMILES string of the molecule is CCC[CH2][Sn]([CH2]CCC)([CH2]CCC)[c]1cc2sc3c[c]([Sn]([CH2]CCC)([CH2]CCC)[CH2]CCC)sc3c2s1. The monoisotopic (exact) mass is 776 g/mol. The van der Waals surface area contributed by atoms with Gasteiger partial charge in [-0.3, -0.25) is 0 Å². The van der Waals surface area contributed by atoms with Crippen LogP contribution in [0.15, 0.2) is 12.1 Å². The number of rotatable bonds is 20. The second-order valence-electron chi connectivity index (χ2n) is 11.9. The van der Waals surface area contributed by atoms with Crippen molar-refractivity contribution >= 4 is 95.4 Å². The van der Waals surface area contributed by atoms with Crippen LogP contribution in [-0.2, 0) is 0 Å². The van der Waals surface area contributed by atoms with E-state index in [1.807, 2.05) is 5.79 Å². The Kier molecular flexibility index (Phi) is 14.7. The predicted molar refractivity (Wildman–Crippen MR) is 184 cm³/mol. The van der Waals surface area contributed by atoms with Gasteiger partial charge in [0, 0.05) is 0 Å². The fourth-order valence-corrected chi connectivity index (χ4v) is 49.3. The van der Waals surface area contributed by atoms with Gasteiger partial charge < -0.3 is 0 Å². The molecular formula is C32H56S3Sn2. The molecule has 0 radical (unpaired) electrons. The molecule has 0 saturated carbocycles. The Morgan fingerprint density at radius 2 is 0.703 bits per heavy atom. The molecule has 0 aliphatic carbocycles. The van der Waals surface area contributed by atoms with Gasteiger partial charge in [0.05, 0.1) is 0 Å². The Morgan fingerprint density at radius 1 is 0.432 bits per heavy atom. The molecule has 210 valence electrons. The van der Waals surface area contributed by atoms with E-state index in [9.17, 15) is 0 Å². The van der Waals surface area contributed by atoms with E-state index in [4.69, 9.17) is 0 Å².